The normalized spacial score (nSPS) is 13.6. The van der Waals surface area contributed by atoms with Crippen molar-refractivity contribution in [2.75, 3.05) is 13.7 Å². The van der Waals surface area contributed by atoms with Gasteiger partial charge in [0.25, 0.3) is 0 Å². The molecule has 4 aromatic carbocycles. The Morgan fingerprint density at radius 2 is 1.63 bits per heavy atom. The lowest BCUT2D eigenvalue weighted by atomic mass is 9.90. The molecule has 0 saturated heterocycles. The molecule has 1 aliphatic heterocycles. The zero-order valence-corrected chi connectivity index (χ0v) is 16.8. The summed E-state index contributed by atoms with van der Waals surface area (Å²) in [6.07, 6.45) is 0.906. The molecule has 30 heavy (non-hydrogen) atoms. The molecule has 6 rings (SSSR count). The lowest BCUT2D eigenvalue weighted by molar-refractivity contribution is 0.111. The topological polar surface area (TPSA) is 31.4 Å². The molecule has 0 fully saturated rings. The predicted molar refractivity (Wildman–Crippen MR) is 122 cm³/mol. The molecule has 1 aliphatic rings. The zero-order valence-electron chi connectivity index (χ0n) is 16.8. The number of hydrogen-bond acceptors (Lipinski definition) is 3. The molecule has 0 bridgehead atoms. The van der Waals surface area contributed by atoms with E-state index in [2.05, 4.69) is 60.7 Å². The molecule has 0 aliphatic carbocycles. The highest BCUT2D eigenvalue weighted by atomic mass is 16.5. The maximum absolute atomic E-state index is 5.87. The standard InChI is InChI=1S/C27H21NO2/c1-29-21-9-6-17(7-10-21)27-24-16-30-13-12-22(24)26-23-15-19-5-3-2-4-18(19)14-20(23)8-11-25(26)28-27/h2-11,14-15H,12-13,16H2,1H3. The van der Waals surface area contributed by atoms with Crippen LogP contribution in [0.15, 0.2) is 72.8 Å². The number of methoxy groups -OCH3 is 1. The fourth-order valence-electron chi connectivity index (χ4n) is 4.66. The monoisotopic (exact) mass is 391 g/mol. The van der Waals surface area contributed by atoms with Gasteiger partial charge in [-0.15, -0.1) is 0 Å². The second kappa shape index (κ2) is 6.82. The zero-order chi connectivity index (χ0) is 20.1. The van der Waals surface area contributed by atoms with Crippen LogP contribution in [0.4, 0.5) is 0 Å². The van der Waals surface area contributed by atoms with E-state index in [1.807, 2.05) is 12.1 Å². The van der Waals surface area contributed by atoms with Crippen LogP contribution in [0.2, 0.25) is 0 Å². The first kappa shape index (κ1) is 17.4. The van der Waals surface area contributed by atoms with Gasteiger partial charge in [-0.3, -0.25) is 0 Å². The smallest absolute Gasteiger partial charge is 0.118 e. The molecule has 0 unspecified atom stereocenters. The van der Waals surface area contributed by atoms with Gasteiger partial charge in [0, 0.05) is 16.5 Å². The largest absolute Gasteiger partial charge is 0.497 e. The minimum Gasteiger partial charge on any atom is -0.497 e. The third-order valence-electron chi connectivity index (χ3n) is 6.15. The van der Waals surface area contributed by atoms with Gasteiger partial charge in [-0.05, 0) is 76.0 Å². The Morgan fingerprint density at radius 1 is 0.833 bits per heavy atom. The second-order valence-corrected chi connectivity index (χ2v) is 7.83. The van der Waals surface area contributed by atoms with Gasteiger partial charge in [0.1, 0.15) is 5.75 Å². The number of pyridine rings is 1. The van der Waals surface area contributed by atoms with Crippen molar-refractivity contribution in [1.82, 2.24) is 4.98 Å². The van der Waals surface area contributed by atoms with Gasteiger partial charge < -0.3 is 9.47 Å². The summed E-state index contributed by atoms with van der Waals surface area (Å²) in [6, 6.07) is 25.6. The lowest BCUT2D eigenvalue weighted by Crippen LogP contribution is -2.13. The van der Waals surface area contributed by atoms with Crippen molar-refractivity contribution in [3.05, 3.63) is 83.9 Å². The third-order valence-corrected chi connectivity index (χ3v) is 6.15. The third kappa shape index (κ3) is 2.66. The summed E-state index contributed by atoms with van der Waals surface area (Å²) >= 11 is 0. The summed E-state index contributed by atoms with van der Waals surface area (Å²) in [5.74, 6) is 0.850. The Labute approximate surface area is 174 Å². The summed E-state index contributed by atoms with van der Waals surface area (Å²) in [5, 5.41) is 6.34. The van der Waals surface area contributed by atoms with Crippen LogP contribution in [0.1, 0.15) is 11.1 Å². The molecule has 0 saturated carbocycles. The quantitative estimate of drug-likeness (QED) is 0.262. The molecular formula is C27H21NO2. The summed E-state index contributed by atoms with van der Waals surface area (Å²) in [6.45, 7) is 1.35. The maximum Gasteiger partial charge on any atom is 0.118 e. The van der Waals surface area contributed by atoms with Crippen molar-refractivity contribution in [3.63, 3.8) is 0 Å². The summed E-state index contributed by atoms with van der Waals surface area (Å²) in [4.78, 5) is 5.12. The first-order valence-electron chi connectivity index (χ1n) is 10.3. The first-order chi connectivity index (χ1) is 14.8. The lowest BCUT2D eigenvalue weighted by Gasteiger charge is -2.23. The Hall–Kier alpha value is -3.43. The van der Waals surface area contributed by atoms with Crippen LogP contribution in [-0.2, 0) is 17.8 Å². The second-order valence-electron chi connectivity index (χ2n) is 7.83. The average Bonchev–Trinajstić information content (AvgIpc) is 2.82. The van der Waals surface area contributed by atoms with Crippen LogP contribution in [0, 0.1) is 0 Å². The number of hydrogen-bond donors (Lipinski definition) is 0. The van der Waals surface area contributed by atoms with Crippen molar-refractivity contribution >= 4 is 32.4 Å². The molecule has 0 radical (unpaired) electrons. The Balaban J connectivity index is 1.68. The van der Waals surface area contributed by atoms with Crippen LogP contribution >= 0.6 is 0 Å². The summed E-state index contributed by atoms with van der Waals surface area (Å²) in [5.41, 5.74) is 5.74. The molecular weight excluding hydrogens is 370 g/mol. The average molecular weight is 391 g/mol. The van der Waals surface area contributed by atoms with Gasteiger partial charge in [0.2, 0.25) is 0 Å². The van der Waals surface area contributed by atoms with Gasteiger partial charge in [-0.25, -0.2) is 4.98 Å². The number of benzene rings is 4. The number of ether oxygens (including phenoxy) is 2. The van der Waals surface area contributed by atoms with E-state index in [9.17, 15) is 0 Å². The van der Waals surface area contributed by atoms with Crippen molar-refractivity contribution in [2.24, 2.45) is 0 Å². The highest BCUT2D eigenvalue weighted by molar-refractivity contribution is 6.13. The molecule has 146 valence electrons. The van der Waals surface area contributed by atoms with Crippen molar-refractivity contribution in [3.8, 4) is 17.0 Å². The number of fused-ring (bicyclic) bond motifs is 6. The van der Waals surface area contributed by atoms with E-state index in [4.69, 9.17) is 14.5 Å². The van der Waals surface area contributed by atoms with Crippen LogP contribution in [0.5, 0.6) is 5.75 Å². The van der Waals surface area contributed by atoms with E-state index < -0.39 is 0 Å². The van der Waals surface area contributed by atoms with Crippen molar-refractivity contribution in [1.29, 1.82) is 0 Å². The maximum atomic E-state index is 5.87. The van der Waals surface area contributed by atoms with E-state index in [-0.39, 0.29) is 0 Å². The van der Waals surface area contributed by atoms with Gasteiger partial charge >= 0.3 is 0 Å². The molecule has 5 aromatic rings. The van der Waals surface area contributed by atoms with E-state index in [1.54, 1.807) is 7.11 Å². The van der Waals surface area contributed by atoms with Crippen LogP contribution in [-0.4, -0.2) is 18.7 Å². The summed E-state index contributed by atoms with van der Waals surface area (Å²) < 4.78 is 11.2. The fraction of sp³-hybridized carbons (Fsp3) is 0.148. The molecule has 0 spiro atoms. The summed E-state index contributed by atoms with van der Waals surface area (Å²) in [7, 11) is 1.69. The number of nitrogens with zero attached hydrogens (tertiary/aromatic N) is 1. The molecule has 0 N–H and O–H groups in total. The molecule has 1 aromatic heterocycles. The fourth-order valence-corrected chi connectivity index (χ4v) is 4.66. The minimum atomic E-state index is 0.601. The van der Waals surface area contributed by atoms with Gasteiger partial charge in [0.15, 0.2) is 0 Å². The predicted octanol–water partition coefficient (Wildman–Crippen LogP) is 6.29. The molecule has 2 heterocycles. The Morgan fingerprint density at radius 3 is 2.43 bits per heavy atom. The van der Waals surface area contributed by atoms with Crippen LogP contribution < -0.4 is 4.74 Å². The highest BCUT2D eigenvalue weighted by Gasteiger charge is 2.21. The Bertz CT molecular complexity index is 1420. The van der Waals surface area contributed by atoms with Crippen molar-refractivity contribution < 1.29 is 9.47 Å². The number of aromatic nitrogens is 1. The van der Waals surface area contributed by atoms with Gasteiger partial charge in [-0.1, -0.05) is 30.3 Å². The van der Waals surface area contributed by atoms with E-state index >= 15 is 0 Å². The Kier molecular flexibility index (Phi) is 3.96. The molecule has 3 heteroatoms. The highest BCUT2D eigenvalue weighted by Crippen LogP contribution is 2.38. The van der Waals surface area contributed by atoms with Crippen molar-refractivity contribution in [2.45, 2.75) is 13.0 Å². The first-order valence-corrected chi connectivity index (χ1v) is 10.3. The molecule has 0 atom stereocenters. The van der Waals surface area contributed by atoms with E-state index in [0.717, 1.165) is 35.6 Å². The van der Waals surface area contributed by atoms with Gasteiger partial charge in [-0.2, -0.15) is 0 Å². The van der Waals surface area contributed by atoms with Crippen LogP contribution in [0.25, 0.3) is 43.7 Å². The van der Waals surface area contributed by atoms with E-state index in [0.29, 0.717) is 6.61 Å². The van der Waals surface area contributed by atoms with Gasteiger partial charge in [0.05, 0.1) is 31.5 Å². The SMILES string of the molecule is COc1ccc(-c2nc3ccc4cc5ccccc5cc4c3c3c2COCC3)cc1. The molecule has 0 amide bonds. The number of rotatable bonds is 2. The minimum absolute atomic E-state index is 0.601. The van der Waals surface area contributed by atoms with E-state index in [1.165, 1.54) is 38.1 Å². The van der Waals surface area contributed by atoms with Crippen LogP contribution in [0.3, 0.4) is 0 Å². The molecule has 3 nitrogen and oxygen atoms in total.